The molecule has 2 nitrogen and oxygen atoms in total. The number of carboxylic acids is 1. The third-order valence-corrected chi connectivity index (χ3v) is 8.57. The van der Waals surface area contributed by atoms with Crippen LogP contribution in [0.15, 0.2) is 23.8 Å². The topological polar surface area (TPSA) is 37.3 Å². The molecule has 3 saturated carbocycles. The molecule has 0 spiro atoms. The van der Waals surface area contributed by atoms with E-state index in [0.29, 0.717) is 16.7 Å². The highest BCUT2D eigenvalue weighted by Crippen LogP contribution is 2.66. The van der Waals surface area contributed by atoms with Crippen LogP contribution in [0.3, 0.4) is 0 Å². The van der Waals surface area contributed by atoms with E-state index in [-0.39, 0.29) is 0 Å². The summed E-state index contributed by atoms with van der Waals surface area (Å²) in [6.45, 7) is 5.03. The molecule has 4 rings (SSSR count). The molecule has 0 aromatic carbocycles. The van der Waals surface area contributed by atoms with Gasteiger partial charge in [0.1, 0.15) is 0 Å². The average Bonchev–Trinajstić information content (AvgIpc) is 2.89. The van der Waals surface area contributed by atoms with Crippen LogP contribution in [0.4, 0.5) is 0 Å². The van der Waals surface area contributed by atoms with Crippen LogP contribution in [0, 0.1) is 34.5 Å². The normalized spacial score (nSPS) is 47.7. The summed E-state index contributed by atoms with van der Waals surface area (Å²) < 4.78 is 0. The molecule has 0 bridgehead atoms. The molecular formula is C22H32O2. The van der Waals surface area contributed by atoms with Crippen LogP contribution in [0.5, 0.6) is 0 Å². The summed E-state index contributed by atoms with van der Waals surface area (Å²) in [4.78, 5) is 11.0. The Hall–Kier alpha value is -1.05. The molecule has 132 valence electrons. The molecule has 0 saturated heterocycles. The SMILES string of the molecule is C[C@]12CC[C@H]3[C@@H](CCC4=CCCC[C@@]43C)[C@@H]1CC[C@H]2/C=C\C(=O)O. The maximum absolute atomic E-state index is 11.0. The van der Waals surface area contributed by atoms with Gasteiger partial charge in [0, 0.05) is 6.08 Å². The van der Waals surface area contributed by atoms with E-state index in [4.69, 9.17) is 5.11 Å². The Morgan fingerprint density at radius 1 is 1.17 bits per heavy atom. The summed E-state index contributed by atoms with van der Waals surface area (Å²) in [5.74, 6) is 2.22. The summed E-state index contributed by atoms with van der Waals surface area (Å²) in [5, 5.41) is 9.01. The predicted octanol–water partition coefficient (Wildman–Crippen LogP) is 5.60. The number of hydrogen-bond acceptors (Lipinski definition) is 1. The van der Waals surface area contributed by atoms with Gasteiger partial charge < -0.3 is 5.11 Å². The van der Waals surface area contributed by atoms with Crippen molar-refractivity contribution >= 4 is 5.97 Å². The summed E-state index contributed by atoms with van der Waals surface area (Å²) in [6.07, 6.45) is 17.9. The Morgan fingerprint density at radius 2 is 2.00 bits per heavy atom. The zero-order valence-corrected chi connectivity index (χ0v) is 15.3. The van der Waals surface area contributed by atoms with E-state index in [1.54, 1.807) is 5.57 Å². The predicted molar refractivity (Wildman–Crippen MR) is 96.6 cm³/mol. The third-order valence-electron chi connectivity index (χ3n) is 8.57. The van der Waals surface area contributed by atoms with Crippen molar-refractivity contribution in [3.05, 3.63) is 23.8 Å². The Kier molecular flexibility index (Phi) is 3.93. The lowest BCUT2D eigenvalue weighted by molar-refractivity contribution is -0.131. The maximum atomic E-state index is 11.0. The van der Waals surface area contributed by atoms with Crippen LogP contribution in [-0.4, -0.2) is 11.1 Å². The van der Waals surface area contributed by atoms with Crippen LogP contribution >= 0.6 is 0 Å². The van der Waals surface area contributed by atoms with Gasteiger partial charge in [0.2, 0.25) is 0 Å². The molecule has 0 unspecified atom stereocenters. The van der Waals surface area contributed by atoms with Crippen molar-refractivity contribution in [3.63, 3.8) is 0 Å². The fraction of sp³-hybridized carbons (Fsp3) is 0.773. The maximum Gasteiger partial charge on any atom is 0.327 e. The second kappa shape index (κ2) is 5.75. The second-order valence-electron chi connectivity index (χ2n) is 9.38. The largest absolute Gasteiger partial charge is 0.478 e. The number of rotatable bonds is 2. The second-order valence-corrected chi connectivity index (χ2v) is 9.38. The number of carbonyl (C=O) groups is 1. The van der Waals surface area contributed by atoms with Crippen LogP contribution in [0.1, 0.15) is 71.6 Å². The highest BCUT2D eigenvalue weighted by molar-refractivity contribution is 5.79. The fourth-order valence-electron chi connectivity index (χ4n) is 7.31. The van der Waals surface area contributed by atoms with Gasteiger partial charge >= 0.3 is 5.97 Å². The molecular weight excluding hydrogens is 296 g/mol. The highest BCUT2D eigenvalue weighted by atomic mass is 16.4. The molecule has 6 atom stereocenters. The smallest absolute Gasteiger partial charge is 0.327 e. The van der Waals surface area contributed by atoms with Crippen LogP contribution in [0.25, 0.3) is 0 Å². The summed E-state index contributed by atoms with van der Waals surface area (Å²) in [6, 6.07) is 0. The minimum absolute atomic E-state index is 0.333. The highest BCUT2D eigenvalue weighted by Gasteiger charge is 2.58. The molecule has 0 amide bonds. The molecule has 0 aromatic rings. The van der Waals surface area contributed by atoms with Crippen molar-refractivity contribution in [3.8, 4) is 0 Å². The lowest BCUT2D eigenvalue weighted by Gasteiger charge is -2.58. The molecule has 24 heavy (non-hydrogen) atoms. The quantitative estimate of drug-likeness (QED) is 0.529. The molecule has 0 aliphatic heterocycles. The van der Waals surface area contributed by atoms with Crippen molar-refractivity contribution in [1.29, 1.82) is 0 Å². The fourth-order valence-corrected chi connectivity index (χ4v) is 7.31. The monoisotopic (exact) mass is 328 g/mol. The van der Waals surface area contributed by atoms with Gasteiger partial charge in [-0.15, -0.1) is 0 Å². The lowest BCUT2D eigenvalue weighted by Crippen LogP contribution is -2.49. The van der Waals surface area contributed by atoms with E-state index >= 15 is 0 Å². The van der Waals surface area contributed by atoms with Crippen LogP contribution in [-0.2, 0) is 4.79 Å². The van der Waals surface area contributed by atoms with Crippen molar-refractivity contribution in [2.75, 3.05) is 0 Å². The zero-order valence-electron chi connectivity index (χ0n) is 15.3. The molecule has 4 aliphatic rings. The van der Waals surface area contributed by atoms with Crippen molar-refractivity contribution in [2.24, 2.45) is 34.5 Å². The molecule has 4 aliphatic carbocycles. The van der Waals surface area contributed by atoms with Gasteiger partial charge in [-0.25, -0.2) is 4.79 Å². The van der Waals surface area contributed by atoms with Gasteiger partial charge in [-0.3, -0.25) is 0 Å². The number of hydrogen-bond donors (Lipinski definition) is 1. The van der Waals surface area contributed by atoms with Crippen LogP contribution < -0.4 is 0 Å². The van der Waals surface area contributed by atoms with Crippen molar-refractivity contribution < 1.29 is 9.90 Å². The molecule has 0 radical (unpaired) electrons. The van der Waals surface area contributed by atoms with E-state index < -0.39 is 5.97 Å². The Bertz CT molecular complexity index is 589. The van der Waals surface area contributed by atoms with E-state index in [2.05, 4.69) is 19.9 Å². The van der Waals surface area contributed by atoms with E-state index in [9.17, 15) is 4.79 Å². The van der Waals surface area contributed by atoms with E-state index in [1.165, 1.54) is 63.9 Å². The first-order valence-corrected chi connectivity index (χ1v) is 10.1. The Labute approximate surface area is 146 Å². The molecule has 0 aromatic heterocycles. The number of fused-ring (bicyclic) bond motifs is 5. The van der Waals surface area contributed by atoms with Gasteiger partial charge in [-0.05, 0) is 92.3 Å². The average molecular weight is 328 g/mol. The van der Waals surface area contributed by atoms with Gasteiger partial charge in [0.25, 0.3) is 0 Å². The minimum atomic E-state index is -0.794. The van der Waals surface area contributed by atoms with Crippen LogP contribution in [0.2, 0.25) is 0 Å². The van der Waals surface area contributed by atoms with Gasteiger partial charge in [0.15, 0.2) is 0 Å². The van der Waals surface area contributed by atoms with Gasteiger partial charge in [0.05, 0.1) is 0 Å². The summed E-state index contributed by atoms with van der Waals surface area (Å²) in [5.41, 5.74) is 2.58. The molecule has 1 N–H and O–H groups in total. The number of aliphatic carboxylic acids is 1. The van der Waals surface area contributed by atoms with Crippen molar-refractivity contribution in [1.82, 2.24) is 0 Å². The van der Waals surface area contributed by atoms with E-state index in [0.717, 1.165) is 17.8 Å². The zero-order chi connectivity index (χ0) is 16.9. The first kappa shape index (κ1) is 16.4. The Balaban J connectivity index is 1.61. The molecule has 2 heteroatoms. The Morgan fingerprint density at radius 3 is 2.79 bits per heavy atom. The first-order valence-electron chi connectivity index (χ1n) is 10.1. The minimum Gasteiger partial charge on any atom is -0.478 e. The summed E-state index contributed by atoms with van der Waals surface area (Å²) in [7, 11) is 0. The molecule has 3 fully saturated rings. The number of allylic oxidation sites excluding steroid dienone is 3. The lowest BCUT2D eigenvalue weighted by atomic mass is 9.47. The van der Waals surface area contributed by atoms with E-state index in [1.807, 2.05) is 6.08 Å². The first-order chi connectivity index (χ1) is 11.4. The van der Waals surface area contributed by atoms with Gasteiger partial charge in [-0.1, -0.05) is 31.6 Å². The summed E-state index contributed by atoms with van der Waals surface area (Å²) >= 11 is 0. The third kappa shape index (κ3) is 2.32. The van der Waals surface area contributed by atoms with Crippen molar-refractivity contribution in [2.45, 2.75) is 71.6 Å². The van der Waals surface area contributed by atoms with Gasteiger partial charge in [-0.2, -0.15) is 0 Å². The standard InChI is InChI=1S/C22H32O2/c1-21-13-4-3-5-15(21)6-9-17-18-10-7-16(8-11-20(23)24)22(18,2)14-12-19(17)21/h5,8,11,16-19H,3-4,6-7,9-10,12-14H2,1-2H3,(H,23,24)/b11-8-/t16-,17-,18-,19-,21-,22+/m0/s1. The number of carboxylic acid groups (broad SMARTS) is 1. The molecule has 0 heterocycles.